The summed E-state index contributed by atoms with van der Waals surface area (Å²) in [5.74, 6) is 0. The molecule has 0 aromatic carbocycles. The van der Waals surface area contributed by atoms with Crippen molar-refractivity contribution >= 4 is 7.82 Å². The summed E-state index contributed by atoms with van der Waals surface area (Å²) in [6.45, 7) is 2.31. The van der Waals surface area contributed by atoms with Crippen LogP contribution in [-0.4, -0.2) is 14.7 Å². The molecule has 3 N–H and O–H groups in total. The molecular formula is C28H60NdO4P. The monoisotopic (exact) mass is 633 g/mol. The molecule has 0 radical (unpaired) electrons. The summed E-state index contributed by atoms with van der Waals surface area (Å²) in [5, 5.41) is 0. The predicted molar refractivity (Wildman–Crippen MR) is 145 cm³/mol. The summed E-state index contributed by atoms with van der Waals surface area (Å²) < 4.78 is 10.4. The van der Waals surface area contributed by atoms with Gasteiger partial charge in [0.1, 0.15) is 0 Å². The molecule has 0 aromatic heterocycles. The Kier molecular flexibility index (Phi) is 35.9. The van der Waals surface area contributed by atoms with Gasteiger partial charge in [-0.3, -0.25) is 0 Å². The molecule has 0 amide bonds. The Morgan fingerprint density at radius 1 is 0.412 bits per heavy atom. The van der Waals surface area contributed by atoms with Crippen molar-refractivity contribution in [3.05, 3.63) is 0 Å². The second-order valence-corrected chi connectivity index (χ2v) is 12.7. The molecule has 0 saturated carbocycles. The van der Waals surface area contributed by atoms with E-state index in [-0.39, 0.29) is 0 Å². The van der Waals surface area contributed by atoms with Gasteiger partial charge in [-0.1, -0.05) is 103 Å². The molecule has 0 rings (SSSR count). The van der Waals surface area contributed by atoms with Crippen LogP contribution in [0.25, 0.3) is 0 Å². The zero-order chi connectivity index (χ0) is 25.6. The first-order chi connectivity index (χ1) is 16.4. The first kappa shape index (κ1) is 37.6. The van der Waals surface area contributed by atoms with Crippen LogP contribution < -0.4 is 0 Å². The number of hydrogen-bond donors (Lipinski definition) is 3. The summed E-state index contributed by atoms with van der Waals surface area (Å²) in [5.41, 5.74) is 0. The molecule has 6 heteroatoms. The van der Waals surface area contributed by atoms with Crippen molar-refractivity contribution in [2.45, 2.75) is 176 Å². The number of rotatable bonds is 26. The topological polar surface area (TPSA) is 77.8 Å². The van der Waals surface area contributed by atoms with E-state index < -0.39 is 7.82 Å². The molecule has 34 heavy (non-hydrogen) atoms. The normalized spacial score (nSPS) is 11.4. The van der Waals surface area contributed by atoms with E-state index in [1.807, 2.05) is 0 Å². The van der Waals surface area contributed by atoms with Crippen LogP contribution in [0.3, 0.4) is 0 Å². The second-order valence-electron chi connectivity index (χ2n) is 10.1. The van der Waals surface area contributed by atoms with Gasteiger partial charge in [0, 0.05) is 0 Å². The van der Waals surface area contributed by atoms with Gasteiger partial charge in [-0.05, 0) is 0 Å². The van der Waals surface area contributed by atoms with Gasteiger partial charge in [-0.2, -0.15) is 0 Å². The van der Waals surface area contributed by atoms with Crippen LogP contribution in [0.4, 0.5) is 0 Å². The average molecular weight is 636 g/mol. The Morgan fingerprint density at radius 3 is 0.706 bits per heavy atom. The maximum absolute atomic E-state index is 8.88. The Balaban J connectivity index is 0. The van der Waals surface area contributed by atoms with Gasteiger partial charge in [-0.25, -0.2) is 4.57 Å². The Morgan fingerprint density at radius 2 is 0.559 bits per heavy atom. The Labute approximate surface area is 240 Å². The van der Waals surface area contributed by atoms with Gasteiger partial charge < -0.3 is 14.7 Å². The number of phosphoric acid groups is 1. The van der Waals surface area contributed by atoms with Gasteiger partial charge in [-0.15, -0.1) is 0 Å². The van der Waals surface area contributed by atoms with E-state index in [2.05, 4.69) is 6.92 Å². The van der Waals surface area contributed by atoms with Gasteiger partial charge >= 0.3 is 119 Å². The summed E-state index contributed by atoms with van der Waals surface area (Å²) in [7, 11) is -4.64. The van der Waals surface area contributed by atoms with Gasteiger partial charge in [0.2, 0.25) is 0 Å². The molecule has 0 bridgehead atoms. The standard InChI is InChI=1S/C28H57.Nd.H3O4P/c1-3-5-7-9-11-13-15-17-19-21-23-25-27-28-26-24-22-20-18-16-14-12-10-8-6-4-2;;1-5(2,3)4/h1,3-28H2,2H3;;(H3,1,2,3,4). The average Bonchev–Trinajstić information content (AvgIpc) is 2.78. The van der Waals surface area contributed by atoms with Crippen LogP contribution in [0.15, 0.2) is 0 Å². The first-order valence-corrected chi connectivity index (χ1v) is 18.7. The molecule has 0 aromatic rings. The van der Waals surface area contributed by atoms with Crippen LogP contribution in [0.5, 0.6) is 0 Å². The molecule has 205 valence electrons. The number of hydrogen-bond acceptors (Lipinski definition) is 1. The van der Waals surface area contributed by atoms with E-state index in [9.17, 15) is 0 Å². The van der Waals surface area contributed by atoms with Crippen molar-refractivity contribution < 1.29 is 58.0 Å². The van der Waals surface area contributed by atoms with Crippen molar-refractivity contribution in [3.8, 4) is 0 Å². The minimum atomic E-state index is -4.64. The van der Waals surface area contributed by atoms with Crippen molar-refractivity contribution in [1.29, 1.82) is 0 Å². The van der Waals surface area contributed by atoms with Gasteiger partial charge in [0.05, 0.1) is 0 Å². The SMILES string of the molecule is CCCCCCCCCCCCCCCCCCCCCCCCCCC[CH2][Nd].O=P(O)(O)O. The quantitative estimate of drug-likeness (QED) is 0.0653. The fraction of sp³-hybridized carbons (Fsp3) is 1.00. The van der Waals surface area contributed by atoms with E-state index >= 15 is 0 Å². The predicted octanol–water partition coefficient (Wildman–Crippen LogP) is 10.2. The minimum Gasteiger partial charge on any atom is -0.303 e. The van der Waals surface area contributed by atoms with Gasteiger partial charge in [0.25, 0.3) is 0 Å². The molecular weight excluding hydrogens is 576 g/mol. The molecule has 0 atom stereocenters. The van der Waals surface area contributed by atoms with E-state index in [0.29, 0.717) is 0 Å². The molecule has 0 spiro atoms. The van der Waals surface area contributed by atoms with Crippen LogP contribution >= 0.6 is 7.82 Å². The molecule has 0 aliphatic carbocycles. The maximum Gasteiger partial charge on any atom is 0.466 e. The number of unbranched alkanes of at least 4 members (excludes halogenated alkanes) is 25. The van der Waals surface area contributed by atoms with Crippen molar-refractivity contribution in [1.82, 2.24) is 0 Å². The molecule has 0 aliphatic heterocycles. The van der Waals surface area contributed by atoms with Crippen molar-refractivity contribution in [2.75, 3.05) is 0 Å². The van der Waals surface area contributed by atoms with E-state index in [1.54, 1.807) is 0 Å². The zero-order valence-corrected chi connectivity index (χ0v) is 26.9. The molecule has 0 heterocycles. The first-order valence-electron chi connectivity index (χ1n) is 14.8. The Bertz CT molecular complexity index is 370. The van der Waals surface area contributed by atoms with E-state index in [0.717, 1.165) is 0 Å². The van der Waals surface area contributed by atoms with Crippen LogP contribution in [0, 0.1) is 38.8 Å². The largest absolute Gasteiger partial charge is 0.466 e. The third kappa shape index (κ3) is 46.8. The van der Waals surface area contributed by atoms with Gasteiger partial charge in [0.15, 0.2) is 0 Å². The molecule has 0 saturated heterocycles. The summed E-state index contributed by atoms with van der Waals surface area (Å²) in [4.78, 5) is 21.6. The molecule has 0 unspecified atom stereocenters. The maximum atomic E-state index is 8.88. The van der Waals surface area contributed by atoms with Crippen molar-refractivity contribution in [2.24, 2.45) is 0 Å². The summed E-state index contributed by atoms with van der Waals surface area (Å²) >= 11 is 1.41. The van der Waals surface area contributed by atoms with Crippen LogP contribution in [-0.2, 0) is 4.57 Å². The van der Waals surface area contributed by atoms with Crippen LogP contribution in [0.2, 0.25) is 2.07 Å². The Hall–Kier alpha value is 1.46. The van der Waals surface area contributed by atoms with Crippen LogP contribution in [0.1, 0.15) is 174 Å². The third-order valence-corrected chi connectivity index (χ3v) is 7.66. The molecule has 0 fully saturated rings. The zero-order valence-electron chi connectivity index (χ0n) is 22.8. The van der Waals surface area contributed by atoms with Crippen molar-refractivity contribution in [3.63, 3.8) is 0 Å². The molecule has 4 nitrogen and oxygen atoms in total. The summed E-state index contributed by atoms with van der Waals surface area (Å²) in [6.07, 6.45) is 38.7. The summed E-state index contributed by atoms with van der Waals surface area (Å²) in [6, 6.07) is 0. The molecule has 0 aliphatic rings. The minimum absolute atomic E-state index is 1.38. The fourth-order valence-corrected chi connectivity index (χ4v) is 5.24. The van der Waals surface area contributed by atoms with E-state index in [4.69, 9.17) is 19.2 Å². The second kappa shape index (κ2) is 32.5. The van der Waals surface area contributed by atoms with E-state index in [1.165, 1.54) is 208 Å². The smallest absolute Gasteiger partial charge is 0.303 e. The fourth-order valence-electron chi connectivity index (χ4n) is 4.44. The third-order valence-electron chi connectivity index (χ3n) is 6.53.